The molecule has 0 spiro atoms. The lowest BCUT2D eigenvalue weighted by Gasteiger charge is -2.16. The average molecular weight is 646 g/mol. The van der Waals surface area contributed by atoms with Crippen LogP contribution in [0.3, 0.4) is 0 Å². The second-order valence-corrected chi connectivity index (χ2v) is 13.4. The second kappa shape index (κ2) is 13.2. The summed E-state index contributed by atoms with van der Waals surface area (Å²) in [7, 11) is 0. The van der Waals surface area contributed by atoms with Crippen LogP contribution < -0.4 is 9.47 Å². The largest absolute Gasteiger partial charge is 0.485 e. The van der Waals surface area contributed by atoms with Crippen LogP contribution in [0.4, 0.5) is 0 Å². The summed E-state index contributed by atoms with van der Waals surface area (Å²) in [6, 6.07) is 13.5. The number of pyridine rings is 3. The molecule has 5 aromatic heterocycles. The third-order valence-electron chi connectivity index (χ3n) is 6.83. The molecule has 44 heavy (non-hydrogen) atoms. The number of rotatable bonds is 11. The third kappa shape index (κ3) is 6.33. The smallest absolute Gasteiger partial charge is 0.335 e. The Morgan fingerprint density at radius 1 is 0.795 bits per heavy atom. The van der Waals surface area contributed by atoms with Gasteiger partial charge in [-0.15, -0.1) is 34.4 Å². The van der Waals surface area contributed by atoms with Crippen molar-refractivity contribution in [2.45, 2.75) is 30.4 Å². The van der Waals surface area contributed by atoms with Crippen LogP contribution >= 0.6 is 34.4 Å². The monoisotopic (exact) mass is 645 g/mol. The molecule has 224 valence electrons. The zero-order chi connectivity index (χ0) is 30.6. The van der Waals surface area contributed by atoms with Crippen molar-refractivity contribution in [2.75, 3.05) is 19.0 Å². The van der Waals surface area contributed by atoms with Crippen molar-refractivity contribution in [2.24, 2.45) is 0 Å². The maximum Gasteiger partial charge on any atom is 0.335 e. The van der Waals surface area contributed by atoms with Gasteiger partial charge >= 0.3 is 11.9 Å². The van der Waals surface area contributed by atoms with Gasteiger partial charge in [-0.25, -0.2) is 14.6 Å². The van der Waals surface area contributed by atoms with Gasteiger partial charge in [0, 0.05) is 22.1 Å². The van der Waals surface area contributed by atoms with E-state index in [0.717, 1.165) is 48.1 Å². The van der Waals surface area contributed by atoms with Crippen LogP contribution in [0.15, 0.2) is 65.1 Å². The van der Waals surface area contributed by atoms with E-state index in [2.05, 4.69) is 34.0 Å². The number of carbonyl (C=O) groups is 2. The Balaban J connectivity index is 1.33. The lowest BCUT2D eigenvalue weighted by Crippen LogP contribution is -2.14. The predicted molar refractivity (Wildman–Crippen MR) is 172 cm³/mol. The topological polar surface area (TPSA) is 132 Å². The molecule has 2 N–H and O–H groups in total. The van der Waals surface area contributed by atoms with Crippen LogP contribution in [-0.2, 0) is 0 Å². The SMILES string of the molecule is CCCCCSc1sc(-c2ccc(-c3ccnc(-c4cc(C(=O)O)cc(-c5cc(C(=O)O)ccn5)n4)c3)s2)c2c1OCCO2. The van der Waals surface area contributed by atoms with Crippen molar-refractivity contribution in [3.63, 3.8) is 0 Å². The fourth-order valence-corrected chi connectivity index (χ4v) is 8.24. The molecule has 9 nitrogen and oxygen atoms in total. The molecule has 12 heteroatoms. The van der Waals surface area contributed by atoms with E-state index < -0.39 is 11.9 Å². The molecule has 1 aliphatic rings. The van der Waals surface area contributed by atoms with E-state index in [4.69, 9.17) is 9.47 Å². The number of carboxylic acid groups (broad SMARTS) is 2. The normalized spacial score (nSPS) is 12.3. The number of nitrogens with zero attached hydrogens (tertiary/aromatic N) is 3. The molecule has 0 amide bonds. The lowest BCUT2D eigenvalue weighted by molar-refractivity contribution is 0.0686. The highest BCUT2D eigenvalue weighted by Crippen LogP contribution is 2.55. The van der Waals surface area contributed by atoms with Gasteiger partial charge in [0.2, 0.25) is 0 Å². The van der Waals surface area contributed by atoms with Crippen LogP contribution in [0, 0.1) is 0 Å². The van der Waals surface area contributed by atoms with Crippen molar-refractivity contribution in [1.29, 1.82) is 0 Å². The standard InChI is InChI=1S/C32H27N3O6S3/c1-2-3-4-13-42-32-28-27(40-11-12-41-28)29(44-32)26-6-5-25(43-26)18-7-9-33-21(14-18)23-16-20(31(38)39)17-24(35-23)22-15-19(30(36)37)8-10-34-22/h5-10,14-17H,2-4,11-13H2,1H3,(H,36,37)(H,38,39). The summed E-state index contributed by atoms with van der Waals surface area (Å²) in [6.45, 7) is 3.26. The average Bonchev–Trinajstić information content (AvgIpc) is 3.68. The molecule has 0 aromatic carbocycles. The Labute approximate surface area is 265 Å². The summed E-state index contributed by atoms with van der Waals surface area (Å²) in [6.07, 6.45) is 6.57. The minimum absolute atomic E-state index is 0.00815. The molecule has 0 saturated heterocycles. The first-order chi connectivity index (χ1) is 21.4. The molecule has 0 unspecified atom stereocenters. The van der Waals surface area contributed by atoms with Crippen molar-refractivity contribution in [1.82, 2.24) is 15.0 Å². The minimum atomic E-state index is -1.14. The van der Waals surface area contributed by atoms with Crippen LogP contribution in [0.25, 0.3) is 43.0 Å². The quantitative estimate of drug-likeness (QED) is 0.107. The molecular formula is C32H27N3O6S3. The van der Waals surface area contributed by atoms with Gasteiger partial charge in [-0.2, -0.15) is 0 Å². The van der Waals surface area contributed by atoms with E-state index in [9.17, 15) is 19.8 Å². The number of carboxylic acids is 2. The second-order valence-electron chi connectivity index (χ2n) is 9.89. The number of ether oxygens (including phenoxy) is 2. The number of thioether (sulfide) groups is 1. The lowest BCUT2D eigenvalue weighted by atomic mass is 10.1. The van der Waals surface area contributed by atoms with Crippen LogP contribution in [0.1, 0.15) is 46.9 Å². The first kappa shape index (κ1) is 29.8. The van der Waals surface area contributed by atoms with Crippen molar-refractivity contribution < 1.29 is 29.3 Å². The molecule has 0 fully saturated rings. The molecular weight excluding hydrogens is 619 g/mol. The fraction of sp³-hybridized carbons (Fsp3) is 0.219. The number of fused-ring (bicyclic) bond motifs is 1. The van der Waals surface area contributed by atoms with E-state index >= 15 is 0 Å². The van der Waals surface area contributed by atoms with Gasteiger partial charge in [0.1, 0.15) is 17.4 Å². The number of aromatic carboxylic acids is 2. The highest BCUT2D eigenvalue weighted by molar-refractivity contribution is 8.01. The molecule has 5 aromatic rings. The molecule has 0 atom stereocenters. The summed E-state index contributed by atoms with van der Waals surface area (Å²) < 4.78 is 13.3. The number of hydrogen-bond acceptors (Lipinski definition) is 10. The number of unbranched alkanes of at least 4 members (excludes halogenated alkanes) is 2. The van der Waals surface area contributed by atoms with Crippen LogP contribution in [0.5, 0.6) is 11.5 Å². The Morgan fingerprint density at radius 3 is 2.18 bits per heavy atom. The molecule has 0 saturated carbocycles. The Bertz CT molecular complexity index is 1850. The summed E-state index contributed by atoms with van der Waals surface area (Å²) in [4.78, 5) is 39.9. The van der Waals surface area contributed by atoms with E-state index in [-0.39, 0.29) is 22.5 Å². The number of hydrogen-bond donors (Lipinski definition) is 2. The molecule has 0 radical (unpaired) electrons. The number of aromatic nitrogens is 3. The zero-order valence-corrected chi connectivity index (χ0v) is 26.1. The predicted octanol–water partition coefficient (Wildman–Crippen LogP) is 8.11. The molecule has 6 heterocycles. The summed E-state index contributed by atoms with van der Waals surface area (Å²) in [5.74, 6) is 0.445. The summed E-state index contributed by atoms with van der Waals surface area (Å²) in [5.41, 5.74) is 2.22. The van der Waals surface area contributed by atoms with Gasteiger partial charge in [0.05, 0.1) is 38.8 Å². The van der Waals surface area contributed by atoms with E-state index in [1.165, 1.54) is 43.3 Å². The third-order valence-corrected chi connectivity index (χ3v) is 10.6. The molecule has 6 rings (SSSR count). The van der Waals surface area contributed by atoms with Gasteiger partial charge in [-0.1, -0.05) is 19.8 Å². The highest BCUT2D eigenvalue weighted by Gasteiger charge is 2.26. The first-order valence-electron chi connectivity index (χ1n) is 14.0. The van der Waals surface area contributed by atoms with Crippen LogP contribution in [0.2, 0.25) is 0 Å². The maximum atomic E-state index is 12.0. The Hall–Kier alpha value is -4.26. The summed E-state index contributed by atoms with van der Waals surface area (Å²) >= 11 is 5.16. The van der Waals surface area contributed by atoms with Crippen molar-refractivity contribution in [3.05, 3.63) is 72.1 Å². The Kier molecular flexibility index (Phi) is 8.91. The molecule has 1 aliphatic heterocycles. The van der Waals surface area contributed by atoms with E-state index in [0.29, 0.717) is 24.6 Å². The highest BCUT2D eigenvalue weighted by atomic mass is 32.2. The number of thiophene rings is 2. The van der Waals surface area contributed by atoms with Gasteiger partial charge < -0.3 is 19.7 Å². The molecule has 0 aliphatic carbocycles. The van der Waals surface area contributed by atoms with Crippen molar-refractivity contribution >= 4 is 46.4 Å². The Morgan fingerprint density at radius 2 is 1.45 bits per heavy atom. The van der Waals surface area contributed by atoms with Crippen molar-refractivity contribution in [3.8, 4) is 54.5 Å². The maximum absolute atomic E-state index is 12.0. The van der Waals surface area contributed by atoms with Gasteiger partial charge in [-0.05, 0) is 66.3 Å². The van der Waals surface area contributed by atoms with Gasteiger partial charge in [0.25, 0.3) is 0 Å². The minimum Gasteiger partial charge on any atom is -0.485 e. The van der Waals surface area contributed by atoms with Crippen LogP contribution in [-0.4, -0.2) is 56.1 Å². The van der Waals surface area contributed by atoms with E-state index in [1.54, 1.807) is 28.9 Å². The first-order valence-corrected chi connectivity index (χ1v) is 16.6. The summed E-state index contributed by atoms with van der Waals surface area (Å²) in [5, 5.41) is 19.2. The van der Waals surface area contributed by atoms with Gasteiger partial charge in [-0.3, -0.25) is 9.97 Å². The van der Waals surface area contributed by atoms with Gasteiger partial charge in [0.15, 0.2) is 11.5 Å². The van der Waals surface area contributed by atoms with E-state index in [1.807, 2.05) is 23.9 Å². The fourth-order valence-electron chi connectivity index (χ4n) is 4.66. The molecule has 0 bridgehead atoms. The zero-order valence-electron chi connectivity index (χ0n) is 23.6.